The average Bonchev–Trinajstić information content (AvgIpc) is 2.65. The van der Waals surface area contributed by atoms with Crippen LogP contribution in [0.2, 0.25) is 0 Å². The van der Waals surface area contributed by atoms with Crippen molar-refractivity contribution < 1.29 is 13.7 Å². The number of rotatable bonds is 6. The molecule has 1 amide bonds. The summed E-state index contributed by atoms with van der Waals surface area (Å²) in [6, 6.07) is 6.51. The van der Waals surface area contributed by atoms with Gasteiger partial charge in [-0.05, 0) is 72.4 Å². The van der Waals surface area contributed by atoms with Crippen LogP contribution in [0.1, 0.15) is 79.0 Å². The number of ether oxygens (including phenoxy) is 1. The second-order valence-electron chi connectivity index (χ2n) is 11.2. The summed E-state index contributed by atoms with van der Waals surface area (Å²) < 4.78 is 21.6. The van der Waals surface area contributed by atoms with Gasteiger partial charge in [-0.25, -0.2) is 13.7 Å². The van der Waals surface area contributed by atoms with Gasteiger partial charge in [0.15, 0.2) is 0 Å². The Bertz CT molecular complexity index is 804. The van der Waals surface area contributed by atoms with E-state index in [2.05, 4.69) is 48.6 Å². The van der Waals surface area contributed by atoms with Crippen molar-refractivity contribution in [3.05, 3.63) is 29.3 Å². The lowest BCUT2D eigenvalue weighted by Crippen LogP contribution is -2.50. The monoisotopic (exact) mass is 465 g/mol. The Morgan fingerprint density at radius 2 is 1.69 bits per heavy atom. The van der Waals surface area contributed by atoms with E-state index in [1.54, 1.807) is 4.90 Å². The molecular weight excluding hydrogens is 422 g/mol. The molecule has 1 fully saturated rings. The van der Waals surface area contributed by atoms with E-state index in [0.717, 1.165) is 25.2 Å². The van der Waals surface area contributed by atoms with Crippen molar-refractivity contribution in [3.8, 4) is 0 Å². The van der Waals surface area contributed by atoms with Crippen LogP contribution >= 0.6 is 0 Å². The third kappa shape index (κ3) is 7.77. The summed E-state index contributed by atoms with van der Waals surface area (Å²) in [4.78, 5) is 16.6. The number of nitrogens with zero attached hydrogens (tertiary/aromatic N) is 2. The second-order valence-corrected chi connectivity index (χ2v) is 13.2. The van der Waals surface area contributed by atoms with Gasteiger partial charge in [0, 0.05) is 37.9 Å². The normalized spacial score (nSPS) is 17.4. The molecule has 1 N–H and O–H groups in total. The van der Waals surface area contributed by atoms with Gasteiger partial charge in [0.1, 0.15) is 5.60 Å². The van der Waals surface area contributed by atoms with E-state index >= 15 is 0 Å². The molecule has 1 heterocycles. The van der Waals surface area contributed by atoms with E-state index in [1.807, 2.05) is 41.5 Å². The molecule has 6 nitrogen and oxygen atoms in total. The Morgan fingerprint density at radius 1 is 1.09 bits per heavy atom. The van der Waals surface area contributed by atoms with Gasteiger partial charge < -0.3 is 14.5 Å². The lowest BCUT2D eigenvalue weighted by molar-refractivity contribution is 0.0240. The van der Waals surface area contributed by atoms with E-state index in [1.165, 1.54) is 11.1 Å². The maximum atomic E-state index is 13.0. The standard InChI is InChI=1S/C25H43N3O3S/c1-18(2)16-21(26-32(30)25(7,8)9)20-17-19(3)10-11-22(20)27-12-14-28(15-13-27)23(29)31-24(4,5)6/h10-11,17-18,21,26H,12-16H2,1-9H3/t21-,32-/m0/s1. The van der Waals surface area contributed by atoms with E-state index in [4.69, 9.17) is 4.74 Å². The van der Waals surface area contributed by atoms with E-state index < -0.39 is 16.6 Å². The molecular formula is C25H43N3O3S. The van der Waals surface area contributed by atoms with Crippen LogP contribution in [-0.2, 0) is 15.7 Å². The number of benzene rings is 1. The first-order valence-corrected chi connectivity index (χ1v) is 12.8. The number of anilines is 1. The summed E-state index contributed by atoms with van der Waals surface area (Å²) in [5.74, 6) is 0.460. The van der Waals surface area contributed by atoms with Crippen LogP contribution in [-0.4, -0.2) is 51.7 Å². The molecule has 0 bridgehead atoms. The zero-order valence-electron chi connectivity index (χ0n) is 21.4. The predicted molar refractivity (Wildman–Crippen MR) is 134 cm³/mol. The third-order valence-electron chi connectivity index (χ3n) is 5.34. The molecule has 1 saturated heterocycles. The highest BCUT2D eigenvalue weighted by molar-refractivity contribution is 7.84. The zero-order chi connectivity index (χ0) is 24.3. The van der Waals surface area contributed by atoms with Gasteiger partial charge >= 0.3 is 6.09 Å². The van der Waals surface area contributed by atoms with E-state index in [9.17, 15) is 9.00 Å². The molecule has 0 aliphatic carbocycles. The van der Waals surface area contributed by atoms with E-state index in [-0.39, 0.29) is 16.9 Å². The Labute approximate surface area is 197 Å². The maximum Gasteiger partial charge on any atom is 0.410 e. The molecule has 0 aromatic heterocycles. The van der Waals surface area contributed by atoms with Crippen LogP contribution < -0.4 is 9.62 Å². The van der Waals surface area contributed by atoms with Crippen LogP contribution in [0, 0.1) is 12.8 Å². The molecule has 1 aromatic rings. The van der Waals surface area contributed by atoms with Crippen molar-refractivity contribution in [3.63, 3.8) is 0 Å². The molecule has 1 aromatic carbocycles. The molecule has 2 atom stereocenters. The average molecular weight is 466 g/mol. The first-order chi connectivity index (χ1) is 14.7. The summed E-state index contributed by atoms with van der Waals surface area (Å²) in [6.45, 7) is 20.9. The summed E-state index contributed by atoms with van der Waals surface area (Å²) in [6.07, 6.45) is 0.650. The largest absolute Gasteiger partial charge is 0.444 e. The molecule has 0 radical (unpaired) electrons. The fourth-order valence-electron chi connectivity index (χ4n) is 3.71. The quantitative estimate of drug-likeness (QED) is 0.628. The number of aryl methyl sites for hydroxylation is 1. The summed E-state index contributed by atoms with van der Waals surface area (Å²) in [5.41, 5.74) is 3.04. The Kier molecular flexibility index (Phi) is 8.79. The second kappa shape index (κ2) is 10.6. The minimum absolute atomic E-state index is 0.00570. The number of hydrogen-bond acceptors (Lipinski definition) is 4. The smallest absolute Gasteiger partial charge is 0.410 e. The minimum atomic E-state index is -1.16. The van der Waals surface area contributed by atoms with Crippen molar-refractivity contribution in [2.24, 2.45) is 5.92 Å². The van der Waals surface area contributed by atoms with Gasteiger partial charge in [0.2, 0.25) is 0 Å². The number of carbonyl (C=O) groups is 1. The van der Waals surface area contributed by atoms with Crippen LogP contribution in [0.4, 0.5) is 10.5 Å². The molecule has 2 rings (SSSR count). The van der Waals surface area contributed by atoms with Gasteiger partial charge in [-0.3, -0.25) is 0 Å². The highest BCUT2D eigenvalue weighted by Gasteiger charge is 2.30. The fraction of sp³-hybridized carbons (Fsp3) is 0.720. The highest BCUT2D eigenvalue weighted by Crippen LogP contribution is 2.33. The van der Waals surface area contributed by atoms with Crippen LogP contribution in [0.25, 0.3) is 0 Å². The number of carbonyl (C=O) groups excluding carboxylic acids is 1. The first-order valence-electron chi connectivity index (χ1n) is 11.7. The maximum absolute atomic E-state index is 13.0. The Balaban J connectivity index is 2.25. The molecule has 0 saturated carbocycles. The van der Waals surface area contributed by atoms with Crippen LogP contribution in [0.5, 0.6) is 0 Å². The minimum Gasteiger partial charge on any atom is -0.444 e. The van der Waals surface area contributed by atoms with Crippen molar-refractivity contribution in [2.45, 2.75) is 85.1 Å². The Hall–Kier alpha value is -1.60. The molecule has 182 valence electrons. The van der Waals surface area contributed by atoms with Gasteiger partial charge in [0.05, 0.1) is 15.7 Å². The summed E-state index contributed by atoms with van der Waals surface area (Å²) in [7, 11) is -1.16. The number of nitrogens with one attached hydrogen (secondary N) is 1. The van der Waals surface area contributed by atoms with Gasteiger partial charge in [-0.15, -0.1) is 0 Å². The molecule has 1 aliphatic heterocycles. The lowest BCUT2D eigenvalue weighted by Gasteiger charge is -2.38. The van der Waals surface area contributed by atoms with Gasteiger partial charge in [-0.1, -0.05) is 31.5 Å². The molecule has 7 heteroatoms. The molecule has 0 unspecified atom stereocenters. The molecule has 1 aliphatic rings. The third-order valence-corrected chi connectivity index (χ3v) is 6.95. The first kappa shape index (κ1) is 26.7. The predicted octanol–water partition coefficient (Wildman–Crippen LogP) is 5.19. The van der Waals surface area contributed by atoms with Gasteiger partial charge in [0.25, 0.3) is 0 Å². The van der Waals surface area contributed by atoms with Crippen molar-refractivity contribution in [1.82, 2.24) is 9.62 Å². The number of hydrogen-bond donors (Lipinski definition) is 1. The topological polar surface area (TPSA) is 61.9 Å². The molecule has 0 spiro atoms. The van der Waals surface area contributed by atoms with Crippen LogP contribution in [0.15, 0.2) is 18.2 Å². The fourth-order valence-corrected chi connectivity index (χ4v) is 4.55. The molecule has 32 heavy (non-hydrogen) atoms. The van der Waals surface area contributed by atoms with Crippen LogP contribution in [0.3, 0.4) is 0 Å². The summed E-state index contributed by atoms with van der Waals surface area (Å²) in [5, 5.41) is 0. The van der Waals surface area contributed by atoms with E-state index in [0.29, 0.717) is 19.0 Å². The van der Waals surface area contributed by atoms with Crippen molar-refractivity contribution in [2.75, 3.05) is 31.1 Å². The zero-order valence-corrected chi connectivity index (χ0v) is 22.3. The Morgan fingerprint density at radius 3 is 2.19 bits per heavy atom. The lowest BCUT2D eigenvalue weighted by atomic mass is 9.94. The van der Waals surface area contributed by atoms with Crippen molar-refractivity contribution in [1.29, 1.82) is 0 Å². The van der Waals surface area contributed by atoms with Gasteiger partial charge in [-0.2, -0.15) is 0 Å². The number of piperazine rings is 1. The summed E-state index contributed by atoms with van der Waals surface area (Å²) >= 11 is 0. The highest BCUT2D eigenvalue weighted by atomic mass is 32.2. The SMILES string of the molecule is Cc1ccc(N2CCN(C(=O)OC(C)(C)C)CC2)c([C@H](CC(C)C)N[S@@](=O)C(C)(C)C)c1. The van der Waals surface area contributed by atoms with Crippen molar-refractivity contribution >= 4 is 22.8 Å². The number of amides is 1.